The summed E-state index contributed by atoms with van der Waals surface area (Å²) in [5, 5.41) is 0. The summed E-state index contributed by atoms with van der Waals surface area (Å²) in [6.45, 7) is 15.4. The lowest BCUT2D eigenvalue weighted by Gasteiger charge is -2.34. The summed E-state index contributed by atoms with van der Waals surface area (Å²) >= 11 is 2.43. The summed E-state index contributed by atoms with van der Waals surface area (Å²) in [7, 11) is 0. The Kier molecular flexibility index (Phi) is 6.68. The molecule has 3 rings (SSSR count). The van der Waals surface area contributed by atoms with Crippen LogP contribution in [0.1, 0.15) is 61.4 Å². The van der Waals surface area contributed by atoms with Crippen molar-refractivity contribution in [1.29, 1.82) is 0 Å². The SMILES string of the molecule is C=C/C=C\c1c(C)cccc1C1=C/C(C)C(C)(C)c2cc(I)ccc2C(C)/C=C\1. The highest BCUT2D eigenvalue weighted by Crippen LogP contribution is 2.41. The van der Waals surface area contributed by atoms with E-state index in [1.165, 1.54) is 37.0 Å². The van der Waals surface area contributed by atoms with E-state index in [1.807, 2.05) is 12.2 Å². The Morgan fingerprint density at radius 2 is 1.86 bits per heavy atom. The number of hydrogen-bond donors (Lipinski definition) is 0. The first-order valence-corrected chi connectivity index (χ1v) is 11.4. The van der Waals surface area contributed by atoms with E-state index in [0.717, 1.165) is 0 Å². The molecule has 2 aromatic carbocycles. The quantitative estimate of drug-likeness (QED) is 0.297. The molecule has 150 valence electrons. The molecule has 2 atom stereocenters. The van der Waals surface area contributed by atoms with Crippen LogP contribution in [0.4, 0.5) is 0 Å². The smallest absolute Gasteiger partial charge is 0.0133 e. The molecule has 0 radical (unpaired) electrons. The second-order valence-electron chi connectivity index (χ2n) is 8.64. The molecule has 0 nitrogen and oxygen atoms in total. The van der Waals surface area contributed by atoms with Crippen molar-refractivity contribution in [3.63, 3.8) is 0 Å². The summed E-state index contributed by atoms with van der Waals surface area (Å²) in [6.07, 6.45) is 13.2. The molecule has 0 aliphatic heterocycles. The van der Waals surface area contributed by atoms with Crippen molar-refractivity contribution < 1.29 is 0 Å². The number of hydrogen-bond acceptors (Lipinski definition) is 0. The highest BCUT2D eigenvalue weighted by molar-refractivity contribution is 14.1. The summed E-state index contributed by atoms with van der Waals surface area (Å²) in [6, 6.07) is 13.5. The molecular formula is C28H31I. The largest absolute Gasteiger partial charge is 0.0991 e. The van der Waals surface area contributed by atoms with Crippen molar-refractivity contribution in [3.05, 3.63) is 105 Å². The monoisotopic (exact) mass is 494 g/mol. The Morgan fingerprint density at radius 1 is 1.10 bits per heavy atom. The zero-order chi connectivity index (χ0) is 21.2. The molecule has 0 spiro atoms. The molecule has 29 heavy (non-hydrogen) atoms. The Labute approximate surface area is 190 Å². The van der Waals surface area contributed by atoms with E-state index in [2.05, 4.69) is 124 Å². The average Bonchev–Trinajstić information content (AvgIpc) is 2.71. The van der Waals surface area contributed by atoms with Crippen LogP contribution in [0.25, 0.3) is 11.6 Å². The molecular weight excluding hydrogens is 463 g/mol. The lowest BCUT2D eigenvalue weighted by Crippen LogP contribution is -2.27. The van der Waals surface area contributed by atoms with Gasteiger partial charge in [-0.3, -0.25) is 0 Å². The minimum Gasteiger partial charge on any atom is -0.0991 e. The molecule has 1 aliphatic carbocycles. The van der Waals surface area contributed by atoms with E-state index in [-0.39, 0.29) is 5.41 Å². The number of rotatable bonds is 3. The van der Waals surface area contributed by atoms with Gasteiger partial charge in [-0.05, 0) is 92.3 Å². The van der Waals surface area contributed by atoms with Crippen LogP contribution in [-0.4, -0.2) is 0 Å². The average molecular weight is 494 g/mol. The van der Waals surface area contributed by atoms with Gasteiger partial charge in [0.15, 0.2) is 0 Å². The molecule has 0 aromatic heterocycles. The fourth-order valence-corrected chi connectivity index (χ4v) is 4.60. The number of allylic oxidation sites excluding steroid dienone is 6. The first-order valence-electron chi connectivity index (χ1n) is 10.3. The molecule has 0 saturated carbocycles. The number of benzene rings is 2. The van der Waals surface area contributed by atoms with Crippen molar-refractivity contribution in [3.8, 4) is 0 Å². The van der Waals surface area contributed by atoms with Crippen LogP contribution in [0.15, 0.2) is 73.4 Å². The third kappa shape index (κ3) is 4.50. The third-order valence-electron chi connectivity index (χ3n) is 6.37. The van der Waals surface area contributed by atoms with Gasteiger partial charge in [0, 0.05) is 3.57 Å². The van der Waals surface area contributed by atoms with Gasteiger partial charge < -0.3 is 0 Å². The van der Waals surface area contributed by atoms with Gasteiger partial charge >= 0.3 is 0 Å². The fraction of sp³-hybridized carbons (Fsp3) is 0.286. The van der Waals surface area contributed by atoms with Crippen LogP contribution < -0.4 is 0 Å². The number of fused-ring (bicyclic) bond motifs is 1. The van der Waals surface area contributed by atoms with E-state index in [0.29, 0.717) is 11.8 Å². The number of aryl methyl sites for hydroxylation is 1. The van der Waals surface area contributed by atoms with E-state index in [9.17, 15) is 0 Å². The van der Waals surface area contributed by atoms with Crippen molar-refractivity contribution in [2.45, 2.75) is 46.0 Å². The Bertz CT molecular complexity index is 1000. The van der Waals surface area contributed by atoms with E-state index >= 15 is 0 Å². The van der Waals surface area contributed by atoms with Crippen molar-refractivity contribution in [2.24, 2.45) is 5.92 Å². The van der Waals surface area contributed by atoms with Gasteiger partial charge in [-0.15, -0.1) is 0 Å². The Hall–Kier alpha value is -1.87. The van der Waals surface area contributed by atoms with E-state index in [4.69, 9.17) is 0 Å². The van der Waals surface area contributed by atoms with Gasteiger partial charge in [-0.1, -0.05) is 95.0 Å². The molecule has 0 bridgehead atoms. The maximum atomic E-state index is 3.84. The Morgan fingerprint density at radius 3 is 2.59 bits per heavy atom. The summed E-state index contributed by atoms with van der Waals surface area (Å²) in [5.41, 5.74) is 8.08. The number of halogens is 1. The predicted molar refractivity (Wildman–Crippen MR) is 137 cm³/mol. The van der Waals surface area contributed by atoms with Gasteiger partial charge in [-0.2, -0.15) is 0 Å². The Balaban J connectivity index is 2.21. The minimum absolute atomic E-state index is 0.0446. The second kappa shape index (κ2) is 8.87. The molecule has 0 amide bonds. The normalized spacial score (nSPS) is 24.0. The zero-order valence-corrected chi connectivity index (χ0v) is 20.3. The first kappa shape index (κ1) is 21.8. The molecule has 2 aromatic rings. The van der Waals surface area contributed by atoms with Crippen LogP contribution in [0.5, 0.6) is 0 Å². The zero-order valence-electron chi connectivity index (χ0n) is 18.2. The maximum absolute atomic E-state index is 3.84. The highest BCUT2D eigenvalue weighted by Gasteiger charge is 2.31. The first-order chi connectivity index (χ1) is 13.8. The molecule has 0 N–H and O–H groups in total. The van der Waals surface area contributed by atoms with Gasteiger partial charge in [0.05, 0.1) is 0 Å². The van der Waals surface area contributed by atoms with Gasteiger partial charge in [0.1, 0.15) is 0 Å². The molecule has 2 unspecified atom stereocenters. The lowest BCUT2D eigenvalue weighted by molar-refractivity contribution is 0.406. The van der Waals surface area contributed by atoms with Gasteiger partial charge in [0.25, 0.3) is 0 Å². The molecule has 1 heteroatoms. The van der Waals surface area contributed by atoms with Crippen LogP contribution >= 0.6 is 22.6 Å². The fourth-order valence-electron chi connectivity index (χ4n) is 4.11. The molecule has 0 heterocycles. The van der Waals surface area contributed by atoms with Crippen molar-refractivity contribution in [2.75, 3.05) is 0 Å². The predicted octanol–water partition coefficient (Wildman–Crippen LogP) is 8.47. The van der Waals surface area contributed by atoms with E-state index < -0.39 is 0 Å². The van der Waals surface area contributed by atoms with Gasteiger partial charge in [0.2, 0.25) is 0 Å². The lowest BCUT2D eigenvalue weighted by atomic mass is 9.71. The summed E-state index contributed by atoms with van der Waals surface area (Å²) < 4.78 is 1.30. The van der Waals surface area contributed by atoms with Gasteiger partial charge in [-0.25, -0.2) is 0 Å². The van der Waals surface area contributed by atoms with E-state index in [1.54, 1.807) is 0 Å². The highest BCUT2D eigenvalue weighted by atomic mass is 127. The maximum Gasteiger partial charge on any atom is 0.0133 e. The van der Waals surface area contributed by atoms with Crippen molar-refractivity contribution >= 4 is 34.2 Å². The molecule has 0 fully saturated rings. The third-order valence-corrected chi connectivity index (χ3v) is 7.04. The minimum atomic E-state index is 0.0446. The molecule has 1 aliphatic rings. The second-order valence-corrected chi connectivity index (χ2v) is 9.89. The standard InChI is InChI=1S/C28H31I/c1-7-8-11-24-19(2)10-9-12-26(24)22-14-13-20(3)25-16-15-23(29)18-27(25)28(5,6)21(4)17-22/h7-18,20-21H,1H2,2-6H3/b11-8-,14-13-,22-17+. The van der Waals surface area contributed by atoms with Crippen LogP contribution in [0, 0.1) is 16.4 Å². The van der Waals surface area contributed by atoms with Crippen LogP contribution in [0.2, 0.25) is 0 Å². The van der Waals surface area contributed by atoms with Crippen LogP contribution in [-0.2, 0) is 5.41 Å². The topological polar surface area (TPSA) is 0 Å². The summed E-state index contributed by atoms with van der Waals surface area (Å²) in [5.74, 6) is 0.757. The molecule has 0 saturated heterocycles. The summed E-state index contributed by atoms with van der Waals surface area (Å²) in [4.78, 5) is 0. The van der Waals surface area contributed by atoms with Crippen LogP contribution in [0.3, 0.4) is 0 Å². The van der Waals surface area contributed by atoms with Crippen molar-refractivity contribution in [1.82, 2.24) is 0 Å².